The molecule has 2 rings (SSSR count). The van der Waals surface area contributed by atoms with Crippen molar-refractivity contribution in [1.29, 1.82) is 0 Å². The summed E-state index contributed by atoms with van der Waals surface area (Å²) in [6, 6.07) is 3.80. The maximum atomic E-state index is 13.2. The van der Waals surface area contributed by atoms with E-state index in [4.69, 9.17) is 5.73 Å². The van der Waals surface area contributed by atoms with Crippen molar-refractivity contribution in [2.45, 2.75) is 30.6 Å². The van der Waals surface area contributed by atoms with Crippen molar-refractivity contribution < 1.29 is 12.8 Å². The Balaban J connectivity index is 2.12. The maximum absolute atomic E-state index is 13.2. The topological polar surface area (TPSA) is 72.2 Å². The molecule has 1 aromatic carbocycles. The van der Waals surface area contributed by atoms with Crippen molar-refractivity contribution in [3.8, 4) is 0 Å². The first-order valence-corrected chi connectivity index (χ1v) is 7.52. The van der Waals surface area contributed by atoms with Gasteiger partial charge in [0.2, 0.25) is 10.0 Å². The third-order valence-corrected chi connectivity index (χ3v) is 4.82. The van der Waals surface area contributed by atoms with Crippen LogP contribution in [0.15, 0.2) is 23.1 Å². The Morgan fingerprint density at radius 3 is 2.67 bits per heavy atom. The first kappa shape index (κ1) is 13.3. The minimum absolute atomic E-state index is 0.180. The summed E-state index contributed by atoms with van der Waals surface area (Å²) in [4.78, 5) is -0.180. The Labute approximate surface area is 106 Å². The molecule has 0 unspecified atom stereocenters. The molecule has 1 fully saturated rings. The van der Waals surface area contributed by atoms with Crippen molar-refractivity contribution in [3.05, 3.63) is 24.0 Å². The number of halogens is 1. The van der Waals surface area contributed by atoms with Gasteiger partial charge in [0, 0.05) is 6.54 Å². The lowest BCUT2D eigenvalue weighted by Gasteiger charge is -2.12. The zero-order valence-corrected chi connectivity index (χ0v) is 10.8. The Hall–Kier alpha value is -1.14. The third kappa shape index (κ3) is 2.81. The number of para-hydroxylation sites is 1. The van der Waals surface area contributed by atoms with Gasteiger partial charge < -0.3 is 5.73 Å². The number of hydrogen-bond acceptors (Lipinski definition) is 3. The Kier molecular flexibility index (Phi) is 3.87. The molecule has 0 radical (unpaired) electrons. The molecule has 6 heteroatoms. The molecule has 1 aromatic rings. The fourth-order valence-corrected chi connectivity index (χ4v) is 3.53. The van der Waals surface area contributed by atoms with E-state index in [0.29, 0.717) is 12.5 Å². The van der Waals surface area contributed by atoms with Gasteiger partial charge in [0.15, 0.2) is 0 Å². The molecule has 1 aliphatic rings. The number of hydrogen-bond donors (Lipinski definition) is 2. The summed E-state index contributed by atoms with van der Waals surface area (Å²) in [6.45, 7) is 0.401. The van der Waals surface area contributed by atoms with Crippen LogP contribution in [-0.4, -0.2) is 15.0 Å². The van der Waals surface area contributed by atoms with E-state index in [2.05, 4.69) is 4.72 Å². The highest BCUT2D eigenvalue weighted by molar-refractivity contribution is 7.89. The lowest BCUT2D eigenvalue weighted by atomic mass is 10.1. The van der Waals surface area contributed by atoms with Gasteiger partial charge in [-0.05, 0) is 30.9 Å². The van der Waals surface area contributed by atoms with Crippen molar-refractivity contribution >= 4 is 15.7 Å². The number of benzene rings is 1. The molecular formula is C12H17FN2O2S. The summed E-state index contributed by atoms with van der Waals surface area (Å²) >= 11 is 0. The quantitative estimate of drug-likeness (QED) is 0.822. The number of nitrogens with two attached hydrogens (primary N) is 1. The van der Waals surface area contributed by atoms with Crippen LogP contribution in [0.5, 0.6) is 0 Å². The summed E-state index contributed by atoms with van der Waals surface area (Å²) in [5.74, 6) is -0.326. The van der Waals surface area contributed by atoms with E-state index >= 15 is 0 Å². The molecule has 0 aliphatic heterocycles. The molecule has 4 nitrogen and oxygen atoms in total. The van der Waals surface area contributed by atoms with E-state index in [1.54, 1.807) is 0 Å². The van der Waals surface area contributed by atoms with Crippen LogP contribution in [0, 0.1) is 11.7 Å². The van der Waals surface area contributed by atoms with Gasteiger partial charge in [-0.25, -0.2) is 17.5 Å². The standard InChI is InChI=1S/C12H17FN2O2S/c13-10-6-3-7-11(12(10)14)18(16,17)15-8-9-4-1-2-5-9/h3,6-7,9,15H,1-2,4-5,8,14H2. The molecule has 0 bridgehead atoms. The molecule has 18 heavy (non-hydrogen) atoms. The van der Waals surface area contributed by atoms with Gasteiger partial charge in [-0.1, -0.05) is 18.9 Å². The van der Waals surface area contributed by atoms with Crippen LogP contribution in [-0.2, 0) is 10.0 Å². The van der Waals surface area contributed by atoms with Gasteiger partial charge >= 0.3 is 0 Å². The Morgan fingerprint density at radius 2 is 2.00 bits per heavy atom. The number of anilines is 1. The highest BCUT2D eigenvalue weighted by Crippen LogP contribution is 2.25. The molecule has 3 N–H and O–H groups in total. The first-order valence-electron chi connectivity index (χ1n) is 6.04. The number of sulfonamides is 1. The lowest BCUT2D eigenvalue weighted by molar-refractivity contribution is 0.519. The molecule has 0 amide bonds. The van der Waals surface area contributed by atoms with Gasteiger partial charge in [0.25, 0.3) is 0 Å². The lowest BCUT2D eigenvalue weighted by Crippen LogP contribution is -2.29. The number of nitrogens with one attached hydrogen (secondary N) is 1. The van der Waals surface area contributed by atoms with E-state index in [9.17, 15) is 12.8 Å². The molecule has 0 heterocycles. The van der Waals surface area contributed by atoms with Crippen LogP contribution >= 0.6 is 0 Å². The fourth-order valence-electron chi connectivity index (χ4n) is 2.27. The van der Waals surface area contributed by atoms with E-state index < -0.39 is 15.8 Å². The molecule has 0 atom stereocenters. The molecule has 0 spiro atoms. The van der Waals surface area contributed by atoms with Gasteiger partial charge in [0.05, 0.1) is 5.69 Å². The Bertz CT molecular complexity index is 525. The number of nitrogen functional groups attached to an aromatic ring is 1. The molecule has 1 saturated carbocycles. The smallest absolute Gasteiger partial charge is 0.242 e. The zero-order chi connectivity index (χ0) is 13.2. The highest BCUT2D eigenvalue weighted by Gasteiger charge is 2.22. The Morgan fingerprint density at radius 1 is 1.33 bits per heavy atom. The largest absolute Gasteiger partial charge is 0.395 e. The van der Waals surface area contributed by atoms with Crippen LogP contribution in [0.25, 0.3) is 0 Å². The van der Waals surface area contributed by atoms with Crippen LogP contribution in [0.2, 0.25) is 0 Å². The average Bonchev–Trinajstić information content (AvgIpc) is 2.83. The SMILES string of the molecule is Nc1c(F)cccc1S(=O)(=O)NCC1CCCC1. The third-order valence-electron chi connectivity index (χ3n) is 3.34. The summed E-state index contributed by atoms with van der Waals surface area (Å²) in [5.41, 5.74) is 5.14. The minimum atomic E-state index is -3.72. The van der Waals surface area contributed by atoms with Crippen molar-refractivity contribution in [2.24, 2.45) is 5.92 Å². The van der Waals surface area contributed by atoms with E-state index in [-0.39, 0.29) is 10.6 Å². The summed E-state index contributed by atoms with van der Waals surface area (Å²) in [5, 5.41) is 0. The predicted molar refractivity (Wildman–Crippen MR) is 68.0 cm³/mol. The molecule has 0 saturated heterocycles. The summed E-state index contributed by atoms with van der Waals surface area (Å²) < 4.78 is 39.8. The van der Waals surface area contributed by atoms with Crippen molar-refractivity contribution in [3.63, 3.8) is 0 Å². The second-order valence-electron chi connectivity index (χ2n) is 4.65. The first-order chi connectivity index (χ1) is 8.50. The van der Waals surface area contributed by atoms with Crippen LogP contribution in [0.1, 0.15) is 25.7 Å². The predicted octanol–water partition coefficient (Wildman–Crippen LogP) is 1.88. The highest BCUT2D eigenvalue weighted by atomic mass is 32.2. The van der Waals surface area contributed by atoms with E-state index in [1.807, 2.05) is 0 Å². The van der Waals surface area contributed by atoms with Gasteiger partial charge in [-0.3, -0.25) is 0 Å². The molecule has 0 aromatic heterocycles. The second kappa shape index (κ2) is 5.24. The van der Waals surface area contributed by atoms with Gasteiger partial charge in [0.1, 0.15) is 10.7 Å². The molecule has 1 aliphatic carbocycles. The molecule has 100 valence electrons. The zero-order valence-electron chi connectivity index (χ0n) is 10.0. The number of rotatable bonds is 4. The minimum Gasteiger partial charge on any atom is -0.395 e. The van der Waals surface area contributed by atoms with Gasteiger partial charge in [-0.2, -0.15) is 0 Å². The van der Waals surface area contributed by atoms with Crippen LogP contribution < -0.4 is 10.5 Å². The summed E-state index contributed by atoms with van der Waals surface area (Å²) in [7, 11) is -3.72. The maximum Gasteiger partial charge on any atom is 0.242 e. The fraction of sp³-hybridized carbons (Fsp3) is 0.500. The van der Waals surface area contributed by atoms with Crippen molar-refractivity contribution in [2.75, 3.05) is 12.3 Å². The van der Waals surface area contributed by atoms with Crippen LogP contribution in [0.4, 0.5) is 10.1 Å². The van der Waals surface area contributed by atoms with Gasteiger partial charge in [-0.15, -0.1) is 0 Å². The molecular weight excluding hydrogens is 255 g/mol. The van der Waals surface area contributed by atoms with E-state index in [0.717, 1.165) is 31.7 Å². The van der Waals surface area contributed by atoms with Crippen LogP contribution in [0.3, 0.4) is 0 Å². The van der Waals surface area contributed by atoms with E-state index in [1.165, 1.54) is 12.1 Å². The average molecular weight is 272 g/mol. The normalized spacial score (nSPS) is 17.2. The second-order valence-corrected chi connectivity index (χ2v) is 6.39. The summed E-state index contributed by atoms with van der Waals surface area (Å²) in [6.07, 6.45) is 4.38. The monoisotopic (exact) mass is 272 g/mol. The van der Waals surface area contributed by atoms with Crippen molar-refractivity contribution in [1.82, 2.24) is 4.72 Å².